The lowest BCUT2D eigenvalue weighted by Crippen LogP contribution is -1.94. The minimum absolute atomic E-state index is 0.157. The van der Waals surface area contributed by atoms with Crippen molar-refractivity contribution in [1.29, 1.82) is 0 Å². The summed E-state index contributed by atoms with van der Waals surface area (Å²) in [4.78, 5) is 9.96. The van der Waals surface area contributed by atoms with Crippen LogP contribution < -0.4 is 0 Å². The summed E-state index contributed by atoms with van der Waals surface area (Å²) in [5, 5.41) is 0. The quantitative estimate of drug-likeness (QED) is 0.621. The second-order valence-corrected chi connectivity index (χ2v) is 2.58. The van der Waals surface area contributed by atoms with Gasteiger partial charge in [0.15, 0.2) is 0 Å². The van der Waals surface area contributed by atoms with Gasteiger partial charge in [-0.3, -0.25) is 4.79 Å². The molecule has 0 saturated heterocycles. The van der Waals surface area contributed by atoms with E-state index in [1.165, 1.54) is 12.7 Å². The van der Waals surface area contributed by atoms with Crippen LogP contribution in [0, 0.1) is 6.92 Å². The molecule has 0 N–H and O–H groups in total. The van der Waals surface area contributed by atoms with Crippen molar-refractivity contribution in [3.8, 4) is 0 Å². The highest BCUT2D eigenvalue weighted by Crippen LogP contribution is 1.92. The van der Waals surface area contributed by atoms with Crippen LogP contribution in [0.5, 0.6) is 0 Å². The van der Waals surface area contributed by atoms with Crippen molar-refractivity contribution in [3.63, 3.8) is 0 Å². The average molecular weight is 180 g/mol. The monoisotopic (exact) mass is 180 g/mol. The first-order chi connectivity index (χ1) is 6.20. The molecule has 0 aliphatic rings. The molecule has 2 heteroatoms. The largest absolute Gasteiger partial charge is 0.469 e. The summed E-state index contributed by atoms with van der Waals surface area (Å²) < 4.78 is 4.26. The predicted molar refractivity (Wildman–Crippen MR) is 53.5 cm³/mol. The van der Waals surface area contributed by atoms with Gasteiger partial charge in [0, 0.05) is 6.42 Å². The van der Waals surface area contributed by atoms with Crippen LogP contribution in [-0.4, -0.2) is 13.1 Å². The fraction of sp³-hybridized carbons (Fsp3) is 0.364. The number of methoxy groups -OCH3 is 1. The van der Waals surface area contributed by atoms with Crippen LogP contribution in [0.2, 0.25) is 0 Å². The van der Waals surface area contributed by atoms with Crippen molar-refractivity contribution < 1.29 is 9.53 Å². The van der Waals surface area contributed by atoms with E-state index in [0.717, 1.165) is 0 Å². The van der Waals surface area contributed by atoms with Crippen LogP contribution in [-0.2, 0) is 9.53 Å². The number of hydrogen-bond donors (Lipinski definition) is 0. The van der Waals surface area contributed by atoms with Gasteiger partial charge in [0.1, 0.15) is 0 Å². The minimum Gasteiger partial charge on any atom is -0.469 e. The van der Waals surface area contributed by atoms with Gasteiger partial charge in [0.25, 0.3) is 0 Å². The van der Waals surface area contributed by atoms with Crippen molar-refractivity contribution in [3.05, 3.63) is 35.9 Å². The summed E-state index contributed by atoms with van der Waals surface area (Å²) in [5.74, 6) is -0.157. The number of carbonyl (C=O) groups is 1. The number of esters is 1. The van der Waals surface area contributed by atoms with Gasteiger partial charge in [-0.1, -0.05) is 42.8 Å². The van der Waals surface area contributed by atoms with Crippen molar-refractivity contribution in [2.45, 2.75) is 20.3 Å². The van der Waals surface area contributed by atoms with E-state index in [1.807, 2.05) is 18.2 Å². The molecule has 0 aliphatic heterocycles. The molecule has 0 heterocycles. The zero-order chi connectivity index (χ0) is 10.1. The number of rotatable bonds is 1. The van der Waals surface area contributed by atoms with Crippen LogP contribution >= 0.6 is 0 Å². The molecular weight excluding hydrogens is 164 g/mol. The fourth-order valence-electron chi connectivity index (χ4n) is 0.679. The van der Waals surface area contributed by atoms with Gasteiger partial charge < -0.3 is 4.74 Å². The van der Waals surface area contributed by atoms with Crippen molar-refractivity contribution in [2.75, 3.05) is 7.11 Å². The molecule has 1 rings (SSSR count). The first kappa shape index (κ1) is 11.7. The van der Waals surface area contributed by atoms with Gasteiger partial charge in [-0.25, -0.2) is 0 Å². The minimum atomic E-state index is -0.157. The van der Waals surface area contributed by atoms with Gasteiger partial charge in [-0.15, -0.1) is 0 Å². The van der Waals surface area contributed by atoms with Gasteiger partial charge in [0.05, 0.1) is 7.11 Å². The van der Waals surface area contributed by atoms with Crippen molar-refractivity contribution >= 4 is 5.97 Å². The van der Waals surface area contributed by atoms with Gasteiger partial charge >= 0.3 is 5.97 Å². The van der Waals surface area contributed by atoms with E-state index in [2.05, 4.69) is 23.8 Å². The normalized spacial score (nSPS) is 8.23. The van der Waals surface area contributed by atoms with Crippen LogP contribution in [0.25, 0.3) is 0 Å². The second-order valence-electron chi connectivity index (χ2n) is 2.58. The summed E-state index contributed by atoms with van der Waals surface area (Å²) in [6.07, 6.45) is 0.469. The molecule has 1 aromatic carbocycles. The van der Waals surface area contributed by atoms with Gasteiger partial charge in [-0.2, -0.15) is 0 Å². The molecule has 13 heavy (non-hydrogen) atoms. The van der Waals surface area contributed by atoms with E-state index in [4.69, 9.17) is 0 Å². The smallest absolute Gasteiger partial charge is 0.305 e. The van der Waals surface area contributed by atoms with Gasteiger partial charge in [-0.05, 0) is 6.92 Å². The van der Waals surface area contributed by atoms with Crippen LogP contribution in [0.4, 0.5) is 0 Å². The molecule has 0 bridgehead atoms. The third-order valence-corrected chi connectivity index (χ3v) is 1.46. The van der Waals surface area contributed by atoms with Crippen molar-refractivity contribution in [1.82, 2.24) is 0 Å². The molecular formula is C11H16O2. The maximum atomic E-state index is 9.96. The third kappa shape index (κ3) is 7.06. The summed E-state index contributed by atoms with van der Waals surface area (Å²) in [7, 11) is 1.38. The number of aryl methyl sites for hydroxylation is 1. The highest BCUT2D eigenvalue weighted by molar-refractivity contribution is 5.68. The Kier molecular flexibility index (Phi) is 6.60. The lowest BCUT2D eigenvalue weighted by Gasteiger charge is -1.87. The van der Waals surface area contributed by atoms with E-state index in [-0.39, 0.29) is 5.97 Å². The maximum absolute atomic E-state index is 9.96. The molecule has 0 spiro atoms. The highest BCUT2D eigenvalue weighted by Gasteiger charge is 1.87. The zero-order valence-electron chi connectivity index (χ0n) is 8.41. The molecule has 0 amide bonds. The van der Waals surface area contributed by atoms with E-state index in [9.17, 15) is 4.79 Å². The topological polar surface area (TPSA) is 26.3 Å². The Labute approximate surface area is 79.5 Å². The standard InChI is InChI=1S/C7H8.C4H8O2/c1-7-5-3-2-4-6-7;1-3-4(5)6-2/h2-6H,1H3;3H2,1-2H3. The lowest BCUT2D eigenvalue weighted by molar-refractivity contribution is -0.140. The average Bonchev–Trinajstić information content (AvgIpc) is 2.19. The molecule has 72 valence electrons. The highest BCUT2D eigenvalue weighted by atomic mass is 16.5. The molecule has 0 unspecified atom stereocenters. The van der Waals surface area contributed by atoms with Crippen LogP contribution in [0.15, 0.2) is 30.3 Å². The molecule has 0 radical (unpaired) electrons. The summed E-state index contributed by atoms with van der Waals surface area (Å²) in [6.45, 7) is 3.84. The maximum Gasteiger partial charge on any atom is 0.305 e. The Morgan fingerprint density at radius 1 is 1.31 bits per heavy atom. The Hall–Kier alpha value is -1.31. The molecule has 2 nitrogen and oxygen atoms in total. The summed E-state index contributed by atoms with van der Waals surface area (Å²) in [5.41, 5.74) is 1.32. The van der Waals surface area contributed by atoms with Crippen LogP contribution in [0.3, 0.4) is 0 Å². The second kappa shape index (κ2) is 7.35. The van der Waals surface area contributed by atoms with E-state index in [0.29, 0.717) is 6.42 Å². The Morgan fingerprint density at radius 2 is 1.85 bits per heavy atom. The molecule has 0 fully saturated rings. The number of carbonyl (C=O) groups excluding carboxylic acids is 1. The van der Waals surface area contributed by atoms with E-state index in [1.54, 1.807) is 6.92 Å². The Morgan fingerprint density at radius 3 is 2.00 bits per heavy atom. The third-order valence-electron chi connectivity index (χ3n) is 1.46. The lowest BCUT2D eigenvalue weighted by atomic mass is 10.2. The van der Waals surface area contributed by atoms with Crippen LogP contribution in [0.1, 0.15) is 18.9 Å². The first-order valence-corrected chi connectivity index (χ1v) is 4.29. The predicted octanol–water partition coefficient (Wildman–Crippen LogP) is 2.56. The summed E-state index contributed by atoms with van der Waals surface area (Å²) in [6, 6.07) is 10.3. The van der Waals surface area contributed by atoms with Crippen molar-refractivity contribution in [2.24, 2.45) is 0 Å². The first-order valence-electron chi connectivity index (χ1n) is 4.29. The number of hydrogen-bond acceptors (Lipinski definition) is 2. The molecule has 0 atom stereocenters. The fourth-order valence-corrected chi connectivity index (χ4v) is 0.679. The zero-order valence-corrected chi connectivity index (χ0v) is 8.41. The van der Waals surface area contributed by atoms with E-state index >= 15 is 0 Å². The summed E-state index contributed by atoms with van der Waals surface area (Å²) >= 11 is 0. The number of ether oxygens (including phenoxy) is 1. The SMILES string of the molecule is CCC(=O)OC.Cc1ccccc1. The molecule has 0 aliphatic carbocycles. The number of benzene rings is 1. The molecule has 0 aromatic heterocycles. The Bertz CT molecular complexity index is 223. The molecule has 0 saturated carbocycles. The van der Waals surface area contributed by atoms with E-state index < -0.39 is 0 Å². The Balaban J connectivity index is 0.000000226. The molecule has 1 aromatic rings. The van der Waals surface area contributed by atoms with Gasteiger partial charge in [0.2, 0.25) is 0 Å².